The third-order valence-electron chi connectivity index (χ3n) is 3.46. The van der Waals surface area contributed by atoms with Crippen molar-refractivity contribution in [2.24, 2.45) is 5.10 Å². The molecule has 25 heavy (non-hydrogen) atoms. The van der Waals surface area contributed by atoms with Gasteiger partial charge in [-0.1, -0.05) is 15.9 Å². The highest BCUT2D eigenvalue weighted by Gasteiger charge is 2.15. The molecular formula is C17H12Br2N2O4. The summed E-state index contributed by atoms with van der Waals surface area (Å²) >= 11 is 6.77. The fourth-order valence-electron chi connectivity index (χ4n) is 2.26. The minimum absolute atomic E-state index is 0.0582. The van der Waals surface area contributed by atoms with Gasteiger partial charge in [0, 0.05) is 21.5 Å². The third-order valence-corrected chi connectivity index (χ3v) is 4.50. The van der Waals surface area contributed by atoms with Gasteiger partial charge in [0.15, 0.2) is 5.76 Å². The number of phenols is 2. The number of phenolic OH excluding ortho intramolecular Hbond substituents is 2. The number of carbonyl (C=O) groups excluding carboxylic acids is 1. The molecule has 0 unspecified atom stereocenters. The normalized spacial score (nSPS) is 11.7. The van der Waals surface area contributed by atoms with Crippen LogP contribution in [0.15, 0.2) is 54.9 Å². The number of halogens is 2. The van der Waals surface area contributed by atoms with Gasteiger partial charge in [-0.15, -0.1) is 0 Å². The number of hydrogen-bond acceptors (Lipinski definition) is 5. The molecule has 0 aliphatic rings. The fourth-order valence-corrected chi connectivity index (χ4v) is 3.60. The number of hydrogen-bond donors (Lipinski definition) is 3. The van der Waals surface area contributed by atoms with Crippen molar-refractivity contribution in [2.45, 2.75) is 6.92 Å². The molecule has 128 valence electrons. The number of benzene rings is 2. The topological polar surface area (TPSA) is 95.1 Å². The summed E-state index contributed by atoms with van der Waals surface area (Å²) in [5.74, 6) is -0.595. The van der Waals surface area contributed by atoms with Crippen LogP contribution >= 0.6 is 31.9 Å². The van der Waals surface area contributed by atoms with Gasteiger partial charge >= 0.3 is 5.91 Å². The number of amides is 1. The number of furan rings is 1. The Bertz CT molecular complexity index is 1010. The first kappa shape index (κ1) is 17.5. The van der Waals surface area contributed by atoms with E-state index in [1.165, 1.54) is 18.2 Å². The van der Waals surface area contributed by atoms with E-state index in [1.54, 1.807) is 13.0 Å². The molecule has 3 N–H and O–H groups in total. The second-order valence-electron chi connectivity index (χ2n) is 5.26. The summed E-state index contributed by atoms with van der Waals surface area (Å²) in [6, 6.07) is 9.40. The van der Waals surface area contributed by atoms with E-state index in [4.69, 9.17) is 4.42 Å². The second-order valence-corrected chi connectivity index (χ2v) is 7.03. The summed E-state index contributed by atoms with van der Waals surface area (Å²) in [5, 5.41) is 23.9. The van der Waals surface area contributed by atoms with Gasteiger partial charge in [0.05, 0.1) is 10.2 Å². The maximum atomic E-state index is 12.2. The summed E-state index contributed by atoms with van der Waals surface area (Å²) in [6.07, 6.45) is 0. The van der Waals surface area contributed by atoms with Gasteiger partial charge in [-0.05, 0) is 53.2 Å². The highest BCUT2D eigenvalue weighted by Crippen LogP contribution is 2.31. The van der Waals surface area contributed by atoms with Crippen LogP contribution in [-0.2, 0) is 0 Å². The van der Waals surface area contributed by atoms with Gasteiger partial charge < -0.3 is 14.6 Å². The molecule has 8 heteroatoms. The Hall–Kier alpha value is -2.32. The molecule has 0 aliphatic heterocycles. The van der Waals surface area contributed by atoms with Crippen molar-refractivity contribution < 1.29 is 19.4 Å². The Morgan fingerprint density at radius 3 is 2.64 bits per heavy atom. The zero-order valence-corrected chi connectivity index (χ0v) is 16.1. The van der Waals surface area contributed by atoms with Crippen molar-refractivity contribution in [3.63, 3.8) is 0 Å². The molecule has 0 atom stereocenters. The van der Waals surface area contributed by atoms with Crippen molar-refractivity contribution in [2.75, 3.05) is 0 Å². The molecule has 1 aromatic heterocycles. The van der Waals surface area contributed by atoms with Crippen LogP contribution in [0.4, 0.5) is 0 Å². The van der Waals surface area contributed by atoms with E-state index in [0.717, 1.165) is 14.3 Å². The Kier molecular flexibility index (Phi) is 4.82. The fraction of sp³-hybridized carbons (Fsp3) is 0.0588. The molecule has 0 bridgehead atoms. The van der Waals surface area contributed by atoms with Gasteiger partial charge in [0.25, 0.3) is 0 Å². The SMILES string of the molecule is C/C(=N\NC(=O)c1cc2cc(Br)cc(Br)c2o1)c1ccc(O)cc1O. The van der Waals surface area contributed by atoms with Crippen LogP contribution < -0.4 is 5.43 Å². The zero-order chi connectivity index (χ0) is 18.1. The van der Waals surface area contributed by atoms with Crippen LogP contribution in [-0.4, -0.2) is 21.8 Å². The van der Waals surface area contributed by atoms with E-state index < -0.39 is 5.91 Å². The molecule has 3 aromatic rings. The average Bonchev–Trinajstić information content (AvgIpc) is 2.96. The van der Waals surface area contributed by atoms with E-state index in [0.29, 0.717) is 16.9 Å². The predicted octanol–water partition coefficient (Wildman–Crippen LogP) is 4.52. The molecular weight excluding hydrogens is 456 g/mol. The first-order valence-electron chi connectivity index (χ1n) is 7.10. The molecule has 0 aliphatic carbocycles. The van der Waals surface area contributed by atoms with Gasteiger partial charge in [-0.2, -0.15) is 5.10 Å². The largest absolute Gasteiger partial charge is 0.508 e. The first-order valence-corrected chi connectivity index (χ1v) is 8.69. The van der Waals surface area contributed by atoms with Gasteiger partial charge in [0.1, 0.15) is 17.1 Å². The van der Waals surface area contributed by atoms with Crippen LogP contribution in [0.1, 0.15) is 23.0 Å². The molecule has 0 saturated carbocycles. The molecule has 2 aromatic carbocycles. The Morgan fingerprint density at radius 1 is 1.16 bits per heavy atom. The lowest BCUT2D eigenvalue weighted by Crippen LogP contribution is -2.18. The van der Waals surface area contributed by atoms with E-state index in [2.05, 4.69) is 42.4 Å². The van der Waals surface area contributed by atoms with E-state index in [-0.39, 0.29) is 17.3 Å². The van der Waals surface area contributed by atoms with E-state index in [1.807, 2.05) is 12.1 Å². The zero-order valence-electron chi connectivity index (χ0n) is 12.9. The van der Waals surface area contributed by atoms with Crippen LogP contribution in [0.3, 0.4) is 0 Å². The van der Waals surface area contributed by atoms with Crippen molar-refractivity contribution in [1.82, 2.24) is 5.43 Å². The highest BCUT2D eigenvalue weighted by atomic mass is 79.9. The van der Waals surface area contributed by atoms with Crippen LogP contribution in [0.5, 0.6) is 11.5 Å². The Balaban J connectivity index is 1.83. The van der Waals surface area contributed by atoms with Crippen LogP contribution in [0.25, 0.3) is 11.0 Å². The molecule has 0 fully saturated rings. The smallest absolute Gasteiger partial charge is 0.307 e. The van der Waals surface area contributed by atoms with Gasteiger partial charge in [0.2, 0.25) is 0 Å². The molecule has 0 spiro atoms. The van der Waals surface area contributed by atoms with E-state index in [9.17, 15) is 15.0 Å². The van der Waals surface area contributed by atoms with Crippen molar-refractivity contribution >= 4 is 54.4 Å². The standard InChI is InChI=1S/C17H12Br2N2O4/c1-8(12-3-2-11(22)7-14(12)23)20-21-17(24)15-5-9-4-10(18)6-13(19)16(9)25-15/h2-7,22-23H,1H3,(H,21,24)/b20-8+. The third kappa shape index (κ3) is 3.69. The summed E-state index contributed by atoms with van der Waals surface area (Å²) in [6.45, 7) is 1.62. The first-order chi connectivity index (χ1) is 11.8. The monoisotopic (exact) mass is 466 g/mol. The molecule has 1 heterocycles. The summed E-state index contributed by atoms with van der Waals surface area (Å²) in [5.41, 5.74) is 3.73. The number of nitrogens with zero attached hydrogens (tertiary/aromatic N) is 1. The Morgan fingerprint density at radius 2 is 1.92 bits per heavy atom. The second kappa shape index (κ2) is 6.89. The van der Waals surface area contributed by atoms with Crippen molar-refractivity contribution in [3.8, 4) is 11.5 Å². The molecule has 3 rings (SSSR count). The number of aromatic hydroxyl groups is 2. The van der Waals surface area contributed by atoms with Crippen molar-refractivity contribution in [3.05, 3.63) is 56.7 Å². The molecule has 0 saturated heterocycles. The number of hydrazone groups is 1. The van der Waals surface area contributed by atoms with Gasteiger partial charge in [-0.25, -0.2) is 5.43 Å². The summed E-state index contributed by atoms with van der Waals surface area (Å²) in [7, 11) is 0. The molecule has 1 amide bonds. The lowest BCUT2D eigenvalue weighted by molar-refractivity contribution is 0.0929. The minimum Gasteiger partial charge on any atom is -0.508 e. The minimum atomic E-state index is -0.517. The quantitative estimate of drug-likeness (QED) is 0.389. The highest BCUT2D eigenvalue weighted by molar-refractivity contribution is 9.11. The lowest BCUT2D eigenvalue weighted by atomic mass is 10.1. The van der Waals surface area contributed by atoms with Crippen LogP contribution in [0.2, 0.25) is 0 Å². The number of rotatable bonds is 3. The summed E-state index contributed by atoms with van der Waals surface area (Å²) in [4.78, 5) is 12.2. The number of nitrogens with one attached hydrogen (secondary N) is 1. The lowest BCUT2D eigenvalue weighted by Gasteiger charge is -2.04. The van der Waals surface area contributed by atoms with Crippen molar-refractivity contribution in [1.29, 1.82) is 0 Å². The maximum absolute atomic E-state index is 12.2. The van der Waals surface area contributed by atoms with E-state index >= 15 is 0 Å². The molecule has 6 nitrogen and oxygen atoms in total. The number of carbonyl (C=O) groups is 1. The predicted molar refractivity (Wildman–Crippen MR) is 101 cm³/mol. The Labute approximate surface area is 159 Å². The summed E-state index contributed by atoms with van der Waals surface area (Å²) < 4.78 is 7.15. The van der Waals surface area contributed by atoms with Gasteiger partial charge in [-0.3, -0.25) is 4.79 Å². The number of fused-ring (bicyclic) bond motifs is 1. The molecule has 0 radical (unpaired) electrons. The van der Waals surface area contributed by atoms with Crippen LogP contribution in [0, 0.1) is 0 Å². The maximum Gasteiger partial charge on any atom is 0.307 e. The average molecular weight is 468 g/mol.